The normalized spacial score (nSPS) is 13.0. The molecule has 0 radical (unpaired) electrons. The zero-order valence-corrected chi connectivity index (χ0v) is 14.9. The van der Waals surface area contributed by atoms with Gasteiger partial charge in [0, 0.05) is 11.1 Å². The van der Waals surface area contributed by atoms with E-state index in [4.69, 9.17) is 11.6 Å². The number of hydrogen-bond donors (Lipinski definition) is 1. The van der Waals surface area contributed by atoms with Crippen LogP contribution in [0.25, 0.3) is 21.9 Å². The van der Waals surface area contributed by atoms with Crippen molar-refractivity contribution in [2.75, 3.05) is 0 Å². The summed E-state index contributed by atoms with van der Waals surface area (Å²) in [4.78, 5) is 0. The van der Waals surface area contributed by atoms with Gasteiger partial charge in [0.1, 0.15) is 5.52 Å². The number of fused-ring (bicyclic) bond motifs is 2. The second-order valence-corrected chi connectivity index (χ2v) is 6.78. The third-order valence-corrected chi connectivity index (χ3v) is 5.11. The molecule has 0 aliphatic carbocycles. The molecule has 5 nitrogen and oxygen atoms in total. The molecule has 0 aliphatic heterocycles. The van der Waals surface area contributed by atoms with Gasteiger partial charge in [-0.3, -0.25) is 0 Å². The molecule has 0 aliphatic rings. The van der Waals surface area contributed by atoms with Crippen molar-refractivity contribution in [2.45, 2.75) is 33.0 Å². The fourth-order valence-corrected chi connectivity index (χ4v) is 3.68. The molecule has 1 atom stereocenters. The summed E-state index contributed by atoms with van der Waals surface area (Å²) >= 11 is 6.42. The molecule has 128 valence electrons. The van der Waals surface area contributed by atoms with Gasteiger partial charge in [0.2, 0.25) is 0 Å². The van der Waals surface area contributed by atoms with Crippen LogP contribution in [0.2, 0.25) is 5.02 Å². The Morgan fingerprint density at radius 3 is 2.72 bits per heavy atom. The van der Waals surface area contributed by atoms with Crippen LogP contribution in [0.1, 0.15) is 11.3 Å². The van der Waals surface area contributed by atoms with Gasteiger partial charge < -0.3 is 9.67 Å². The molecule has 1 unspecified atom stereocenters. The Morgan fingerprint density at radius 2 is 1.88 bits per heavy atom. The minimum Gasteiger partial charge on any atom is -0.389 e. The summed E-state index contributed by atoms with van der Waals surface area (Å²) in [6.07, 6.45) is -0.602. The second kappa shape index (κ2) is 6.17. The highest BCUT2D eigenvalue weighted by molar-refractivity contribution is 6.35. The third kappa shape index (κ3) is 2.69. The number of aliphatic hydroxyl groups is 1. The van der Waals surface area contributed by atoms with Crippen molar-refractivity contribution in [3.8, 4) is 0 Å². The molecule has 4 rings (SSSR count). The maximum atomic E-state index is 10.7. The lowest BCUT2D eigenvalue weighted by Gasteiger charge is -2.15. The zero-order valence-electron chi connectivity index (χ0n) is 14.1. The fourth-order valence-electron chi connectivity index (χ4n) is 3.41. The molecule has 4 aromatic rings. The van der Waals surface area contributed by atoms with Crippen LogP contribution >= 0.6 is 11.6 Å². The van der Waals surface area contributed by atoms with Crippen molar-refractivity contribution in [2.24, 2.45) is 0 Å². The highest BCUT2D eigenvalue weighted by atomic mass is 35.5. The predicted octanol–water partition coefficient (Wildman–Crippen LogP) is 3.72. The van der Waals surface area contributed by atoms with Gasteiger partial charge in [-0.05, 0) is 37.6 Å². The van der Waals surface area contributed by atoms with E-state index < -0.39 is 6.10 Å². The molecule has 0 amide bonds. The van der Waals surface area contributed by atoms with E-state index in [1.54, 1.807) is 4.68 Å². The van der Waals surface area contributed by atoms with E-state index in [2.05, 4.69) is 34.8 Å². The first-order valence-corrected chi connectivity index (χ1v) is 8.64. The molecule has 2 aromatic carbocycles. The summed E-state index contributed by atoms with van der Waals surface area (Å²) in [5, 5.41) is 20.8. The number of aryl methyl sites for hydroxylation is 1. The van der Waals surface area contributed by atoms with Crippen molar-refractivity contribution in [1.82, 2.24) is 19.6 Å². The number of aliphatic hydroxyl groups excluding tert-OH is 1. The van der Waals surface area contributed by atoms with Crippen LogP contribution in [-0.2, 0) is 13.1 Å². The Hall–Kier alpha value is -2.37. The summed E-state index contributed by atoms with van der Waals surface area (Å²) in [6, 6.07) is 13.7. The molecule has 2 aromatic heterocycles. The van der Waals surface area contributed by atoms with E-state index in [1.165, 1.54) is 5.56 Å². The Kier molecular flexibility index (Phi) is 3.98. The topological polar surface area (TPSA) is 55.9 Å². The van der Waals surface area contributed by atoms with Gasteiger partial charge in [0.05, 0.1) is 35.2 Å². The lowest BCUT2D eigenvalue weighted by Crippen LogP contribution is -2.23. The first kappa shape index (κ1) is 16.1. The summed E-state index contributed by atoms with van der Waals surface area (Å²) in [5.74, 6) is 0. The van der Waals surface area contributed by atoms with Crippen LogP contribution in [0, 0.1) is 13.8 Å². The largest absolute Gasteiger partial charge is 0.389 e. The van der Waals surface area contributed by atoms with Crippen molar-refractivity contribution >= 4 is 33.5 Å². The molecule has 2 heterocycles. The maximum Gasteiger partial charge on any atom is 0.113 e. The molecular weight excluding hydrogens is 336 g/mol. The van der Waals surface area contributed by atoms with Crippen molar-refractivity contribution in [3.05, 3.63) is 58.7 Å². The zero-order chi connectivity index (χ0) is 17.6. The van der Waals surface area contributed by atoms with E-state index >= 15 is 0 Å². The molecule has 0 saturated carbocycles. The number of halogens is 1. The lowest BCUT2D eigenvalue weighted by molar-refractivity contribution is 0.131. The van der Waals surface area contributed by atoms with Gasteiger partial charge >= 0.3 is 0 Å². The van der Waals surface area contributed by atoms with Gasteiger partial charge in [-0.15, -0.1) is 5.10 Å². The van der Waals surface area contributed by atoms with Crippen molar-refractivity contribution in [1.29, 1.82) is 0 Å². The van der Waals surface area contributed by atoms with Crippen LogP contribution in [0.4, 0.5) is 0 Å². The second-order valence-electron chi connectivity index (χ2n) is 6.37. The van der Waals surface area contributed by atoms with Gasteiger partial charge in [-0.1, -0.05) is 41.1 Å². The van der Waals surface area contributed by atoms with Crippen LogP contribution in [0.15, 0.2) is 42.5 Å². The highest BCUT2D eigenvalue weighted by Crippen LogP contribution is 2.31. The summed E-state index contributed by atoms with van der Waals surface area (Å²) < 4.78 is 3.84. The van der Waals surface area contributed by atoms with Gasteiger partial charge in [0.15, 0.2) is 0 Å². The molecule has 6 heteroatoms. The molecular formula is C19H19ClN4O. The van der Waals surface area contributed by atoms with E-state index in [0.717, 1.165) is 27.6 Å². The average molecular weight is 355 g/mol. The predicted molar refractivity (Wildman–Crippen MR) is 100.0 cm³/mol. The molecule has 0 fully saturated rings. The average Bonchev–Trinajstić information content (AvgIpc) is 3.11. The maximum absolute atomic E-state index is 10.7. The van der Waals surface area contributed by atoms with E-state index in [-0.39, 0.29) is 0 Å². The Morgan fingerprint density at radius 1 is 1.08 bits per heavy atom. The van der Waals surface area contributed by atoms with Crippen LogP contribution in [0.3, 0.4) is 0 Å². The molecule has 25 heavy (non-hydrogen) atoms. The standard InChI is InChI=1S/C19H19ClN4O/c1-12-13(2)23(19-15(12)6-5-7-16(19)20)10-14(25)11-24-18-9-4-3-8-17(18)21-22-24/h3-9,14,25H,10-11H2,1-2H3. The molecule has 0 spiro atoms. The van der Waals surface area contributed by atoms with Gasteiger partial charge in [-0.2, -0.15) is 0 Å². The number of nitrogens with zero attached hydrogens (tertiary/aromatic N) is 4. The Labute approximate surface area is 150 Å². The van der Waals surface area contributed by atoms with Gasteiger partial charge in [0.25, 0.3) is 0 Å². The monoisotopic (exact) mass is 354 g/mol. The van der Waals surface area contributed by atoms with Crippen LogP contribution < -0.4 is 0 Å². The minimum absolute atomic E-state index is 0.378. The first-order valence-electron chi connectivity index (χ1n) is 8.26. The van der Waals surface area contributed by atoms with Crippen molar-refractivity contribution < 1.29 is 5.11 Å². The number of para-hydroxylation sites is 2. The van der Waals surface area contributed by atoms with Crippen LogP contribution in [-0.4, -0.2) is 30.8 Å². The van der Waals surface area contributed by atoms with Gasteiger partial charge in [-0.25, -0.2) is 4.68 Å². The smallest absolute Gasteiger partial charge is 0.113 e. The van der Waals surface area contributed by atoms with E-state index in [9.17, 15) is 5.11 Å². The molecule has 0 saturated heterocycles. The van der Waals surface area contributed by atoms with Crippen LogP contribution in [0.5, 0.6) is 0 Å². The number of benzene rings is 2. The third-order valence-electron chi connectivity index (χ3n) is 4.81. The summed E-state index contributed by atoms with van der Waals surface area (Å²) in [7, 11) is 0. The summed E-state index contributed by atoms with van der Waals surface area (Å²) in [6.45, 7) is 4.97. The first-order chi connectivity index (χ1) is 12.1. The molecule has 0 bridgehead atoms. The Bertz CT molecular complexity index is 1070. The number of hydrogen-bond acceptors (Lipinski definition) is 3. The minimum atomic E-state index is -0.602. The quantitative estimate of drug-likeness (QED) is 0.607. The Balaban J connectivity index is 1.66. The van der Waals surface area contributed by atoms with E-state index in [0.29, 0.717) is 18.1 Å². The number of rotatable bonds is 4. The lowest BCUT2D eigenvalue weighted by atomic mass is 10.2. The number of aromatic nitrogens is 4. The highest BCUT2D eigenvalue weighted by Gasteiger charge is 2.17. The summed E-state index contributed by atoms with van der Waals surface area (Å²) in [5.41, 5.74) is 5.03. The molecule has 1 N–H and O–H groups in total. The van der Waals surface area contributed by atoms with E-state index in [1.807, 2.05) is 36.4 Å². The SMILES string of the molecule is Cc1c(C)n(CC(O)Cn2nnc3ccccc32)c2c(Cl)cccc12. The van der Waals surface area contributed by atoms with Crippen molar-refractivity contribution in [3.63, 3.8) is 0 Å². The fraction of sp³-hybridized carbons (Fsp3) is 0.263.